The number of ether oxygens (including phenoxy) is 1. The fourth-order valence-corrected chi connectivity index (χ4v) is 9.13. The highest BCUT2D eigenvalue weighted by atomic mass is 16.6. The van der Waals surface area contributed by atoms with Gasteiger partial charge < -0.3 is 24.7 Å². The summed E-state index contributed by atoms with van der Waals surface area (Å²) in [5.74, 6) is -1.21. The summed E-state index contributed by atoms with van der Waals surface area (Å²) in [4.78, 5) is 76.7. The van der Waals surface area contributed by atoms with Crippen LogP contribution in [0.5, 0.6) is 11.5 Å². The second-order valence-electron chi connectivity index (χ2n) is 17.7. The van der Waals surface area contributed by atoms with Crippen LogP contribution in [-0.2, 0) is 23.1 Å². The molecular weight excluding hydrogens is 869 g/mol. The van der Waals surface area contributed by atoms with E-state index in [2.05, 4.69) is 36.8 Å². The summed E-state index contributed by atoms with van der Waals surface area (Å²) >= 11 is 0. The molecule has 2 aliphatic rings. The lowest BCUT2D eigenvalue weighted by atomic mass is 9.98. The molecule has 0 radical (unpaired) electrons. The Balaban J connectivity index is 0.803. The van der Waals surface area contributed by atoms with Gasteiger partial charge in [0, 0.05) is 88.1 Å². The molecule has 2 fully saturated rings. The molecule has 19 heteroatoms. The third-order valence-electron chi connectivity index (χ3n) is 13.0. The smallest absolute Gasteiger partial charge is 0.410 e. The molecular formula is C49H52N12O7. The molecule has 9 rings (SSSR count). The number of amides is 3. The second kappa shape index (κ2) is 18.5. The molecule has 0 spiro atoms. The van der Waals surface area contributed by atoms with Crippen LogP contribution in [0.4, 0.5) is 4.79 Å². The van der Waals surface area contributed by atoms with Gasteiger partial charge in [-0.05, 0) is 92.9 Å². The van der Waals surface area contributed by atoms with Crippen molar-refractivity contribution in [2.24, 2.45) is 12.0 Å². The van der Waals surface area contributed by atoms with Crippen LogP contribution in [0.25, 0.3) is 50.4 Å². The van der Waals surface area contributed by atoms with Crippen LogP contribution in [0.3, 0.4) is 0 Å². The maximum absolute atomic E-state index is 13.8. The van der Waals surface area contributed by atoms with Crippen LogP contribution in [-0.4, -0.2) is 134 Å². The van der Waals surface area contributed by atoms with E-state index in [9.17, 15) is 29.4 Å². The van der Waals surface area contributed by atoms with Gasteiger partial charge in [-0.15, -0.1) is 10.2 Å². The van der Waals surface area contributed by atoms with Gasteiger partial charge in [0.1, 0.15) is 17.0 Å². The summed E-state index contributed by atoms with van der Waals surface area (Å²) in [6, 6.07) is 17.9. The lowest BCUT2D eigenvalue weighted by molar-refractivity contribution is -0.141. The Labute approximate surface area is 391 Å². The van der Waals surface area contributed by atoms with Gasteiger partial charge in [0.2, 0.25) is 5.82 Å². The van der Waals surface area contributed by atoms with Crippen LogP contribution >= 0.6 is 0 Å². The first-order chi connectivity index (χ1) is 32.7. The van der Waals surface area contributed by atoms with Crippen molar-refractivity contribution in [3.63, 3.8) is 0 Å². The number of carbonyl (C=O) groups excluding carboxylic acids is 3. The fraction of sp³-hybridized carbons (Fsp3) is 0.347. The Morgan fingerprint density at radius 3 is 2.28 bits per heavy atom. The number of imidazole rings is 1. The highest BCUT2D eigenvalue weighted by Gasteiger charge is 2.33. The number of phenols is 2. The Bertz CT molecular complexity index is 3140. The summed E-state index contributed by atoms with van der Waals surface area (Å²) in [6.45, 7) is 14.0. The molecule has 1 atom stereocenters. The maximum atomic E-state index is 13.8. The maximum Gasteiger partial charge on any atom is 0.410 e. The number of carbonyl (C=O) groups is 3. The molecule has 3 amide bonds. The van der Waals surface area contributed by atoms with Crippen LogP contribution in [0.15, 0.2) is 82.8 Å². The van der Waals surface area contributed by atoms with E-state index in [1.807, 2.05) is 69.3 Å². The topological polar surface area (TPSA) is 219 Å². The molecule has 2 saturated heterocycles. The number of hydrogen-bond donors (Lipinski definition) is 2. The number of fused-ring (bicyclic) bond motifs is 3. The third kappa shape index (κ3) is 8.55. The van der Waals surface area contributed by atoms with Crippen LogP contribution < -0.4 is 5.69 Å². The van der Waals surface area contributed by atoms with E-state index < -0.39 is 18.1 Å². The summed E-state index contributed by atoms with van der Waals surface area (Å²) in [6.07, 6.45) is 3.00. The van der Waals surface area contributed by atoms with Gasteiger partial charge in [-0.1, -0.05) is 26.0 Å². The monoisotopic (exact) mass is 920 g/mol. The standard InChI is InChI=1S/C49H52N12O7/c1-28(2)35-23-36(41(63)24-40(35)62)44-54-55-45(46(64)50-5)61(44)33-11-8-31(9-12-33)27-57-19-21-59(22-20-57)49(67)68-30(4)47(65)58-17-15-34(16-18-58)60-43-39(56(6)48(60)66)26-52-38-14-13-37(53-42(38)43)32-10-7-29(3)51-25-32/h7-14,23-26,28,30,34,62-63H,5,15-22,27H2,1-4,6H3/t30-/m0/s1. The Hall–Kier alpha value is -7.80. The number of aromatic nitrogens is 8. The van der Waals surface area contributed by atoms with E-state index in [0.29, 0.717) is 92.0 Å². The number of aromatic hydroxyl groups is 2. The summed E-state index contributed by atoms with van der Waals surface area (Å²) in [5.41, 5.74) is 7.39. The Morgan fingerprint density at radius 1 is 0.868 bits per heavy atom. The predicted octanol–water partition coefficient (Wildman–Crippen LogP) is 5.78. The van der Waals surface area contributed by atoms with Crippen molar-refractivity contribution in [3.8, 4) is 39.8 Å². The summed E-state index contributed by atoms with van der Waals surface area (Å²) in [5, 5.41) is 29.6. The minimum atomic E-state index is -0.996. The molecule has 2 N–H and O–H groups in total. The number of likely N-dealkylation sites (tertiary alicyclic amines) is 1. The second-order valence-corrected chi connectivity index (χ2v) is 17.7. The minimum Gasteiger partial charge on any atom is -0.508 e. The number of rotatable bonds is 10. The van der Waals surface area contributed by atoms with Crippen molar-refractivity contribution in [3.05, 3.63) is 106 Å². The fourth-order valence-electron chi connectivity index (χ4n) is 9.13. The summed E-state index contributed by atoms with van der Waals surface area (Å²) in [7, 11) is 1.73. The normalized spacial score (nSPS) is 15.3. The predicted molar refractivity (Wildman–Crippen MR) is 254 cm³/mol. The quantitative estimate of drug-likeness (QED) is 0.156. The number of phenolic OH excluding ortho intramolecular Hbond substituents is 2. The first-order valence-corrected chi connectivity index (χ1v) is 22.6. The zero-order valence-electron chi connectivity index (χ0n) is 38.5. The number of aliphatic imine (C=N–C) groups is 1. The van der Waals surface area contributed by atoms with E-state index in [0.717, 1.165) is 22.5 Å². The van der Waals surface area contributed by atoms with Gasteiger partial charge >= 0.3 is 17.7 Å². The van der Waals surface area contributed by atoms with Crippen molar-refractivity contribution in [2.75, 3.05) is 39.3 Å². The number of pyridine rings is 3. The molecule has 7 aromatic rings. The molecule has 350 valence electrons. The van der Waals surface area contributed by atoms with Gasteiger partial charge in [-0.25, -0.2) is 19.6 Å². The highest BCUT2D eigenvalue weighted by Crippen LogP contribution is 2.38. The summed E-state index contributed by atoms with van der Waals surface area (Å²) < 4.78 is 10.6. The number of piperidine rings is 1. The van der Waals surface area contributed by atoms with Crippen molar-refractivity contribution >= 4 is 46.7 Å². The Morgan fingerprint density at radius 2 is 1.60 bits per heavy atom. The zero-order valence-corrected chi connectivity index (χ0v) is 38.5. The van der Waals surface area contributed by atoms with Gasteiger partial charge in [0.05, 0.1) is 34.0 Å². The first-order valence-electron chi connectivity index (χ1n) is 22.6. The van der Waals surface area contributed by atoms with E-state index in [-0.39, 0.29) is 52.3 Å². The van der Waals surface area contributed by atoms with Crippen molar-refractivity contribution in [2.45, 2.75) is 65.1 Å². The van der Waals surface area contributed by atoms with Crippen molar-refractivity contribution in [1.29, 1.82) is 0 Å². The molecule has 0 saturated carbocycles. The van der Waals surface area contributed by atoms with Crippen molar-refractivity contribution in [1.82, 2.24) is 53.6 Å². The van der Waals surface area contributed by atoms with Gasteiger partial charge in [0.25, 0.3) is 5.91 Å². The van der Waals surface area contributed by atoms with Gasteiger partial charge in [-0.3, -0.25) is 38.2 Å². The molecule has 2 aromatic carbocycles. The molecule has 5 aromatic heterocycles. The molecule has 68 heavy (non-hydrogen) atoms. The van der Waals surface area contributed by atoms with Crippen molar-refractivity contribution < 1.29 is 29.3 Å². The van der Waals surface area contributed by atoms with E-state index in [4.69, 9.17) is 9.72 Å². The molecule has 7 heterocycles. The van der Waals surface area contributed by atoms with Gasteiger partial charge in [0.15, 0.2) is 11.9 Å². The number of aryl methyl sites for hydroxylation is 2. The minimum absolute atomic E-state index is 0.0528. The molecule has 0 bridgehead atoms. The molecule has 0 aliphatic carbocycles. The third-order valence-corrected chi connectivity index (χ3v) is 13.0. The Kier molecular flexibility index (Phi) is 12.3. The number of benzene rings is 2. The molecule has 2 aliphatic heterocycles. The van der Waals surface area contributed by atoms with E-state index in [1.54, 1.807) is 51.4 Å². The van der Waals surface area contributed by atoms with Gasteiger partial charge in [-0.2, -0.15) is 0 Å². The number of nitrogens with zero attached hydrogens (tertiary/aromatic N) is 12. The number of piperazine rings is 1. The SMILES string of the molecule is C=NC(=O)c1nnc(-c2cc(C(C)C)c(O)cc2O)n1-c1ccc(CN2CCN(C(=O)O[C@@H](C)C(=O)N3CCC(n4c(=O)n(C)c5cnc6ccc(-c7ccc(C)nc7)nc6c54)CC3)CC2)cc1. The highest BCUT2D eigenvalue weighted by molar-refractivity contribution is 6.00. The van der Waals surface area contributed by atoms with Crippen LogP contribution in [0.2, 0.25) is 0 Å². The molecule has 0 unspecified atom stereocenters. The first kappa shape index (κ1) is 45.4. The largest absolute Gasteiger partial charge is 0.508 e. The zero-order chi connectivity index (χ0) is 48.0. The lowest BCUT2D eigenvalue weighted by Gasteiger charge is -2.36. The average Bonchev–Trinajstić information content (AvgIpc) is 3.89. The van der Waals surface area contributed by atoms with E-state index in [1.165, 1.54) is 10.6 Å². The average molecular weight is 921 g/mol. The lowest BCUT2D eigenvalue weighted by Crippen LogP contribution is -2.50. The number of hydrogen-bond acceptors (Lipinski definition) is 13. The van der Waals surface area contributed by atoms with E-state index >= 15 is 0 Å². The van der Waals surface area contributed by atoms with Crippen LogP contribution in [0.1, 0.15) is 73.0 Å². The van der Waals surface area contributed by atoms with Crippen LogP contribution in [0, 0.1) is 6.92 Å². The molecule has 19 nitrogen and oxygen atoms in total.